The minimum absolute atomic E-state index is 0.200. The van der Waals surface area contributed by atoms with Crippen molar-refractivity contribution in [2.24, 2.45) is 0 Å². The van der Waals surface area contributed by atoms with Gasteiger partial charge < -0.3 is 29.0 Å². The third-order valence-corrected chi connectivity index (χ3v) is 10.5. The van der Waals surface area contributed by atoms with Gasteiger partial charge in [0.1, 0.15) is 11.5 Å². The van der Waals surface area contributed by atoms with E-state index < -0.39 is 64.6 Å². The fourth-order valence-electron chi connectivity index (χ4n) is 8.32. The van der Waals surface area contributed by atoms with Crippen LogP contribution in [0.2, 0.25) is 0 Å². The second-order valence-electron chi connectivity index (χ2n) is 13.3. The Balaban J connectivity index is 1.21. The molecule has 0 radical (unpaired) electrons. The monoisotopic (exact) mass is 703 g/mol. The van der Waals surface area contributed by atoms with Gasteiger partial charge in [0.2, 0.25) is 0 Å². The van der Waals surface area contributed by atoms with Crippen molar-refractivity contribution in [3.8, 4) is 45.4 Å². The van der Waals surface area contributed by atoms with Gasteiger partial charge in [0.25, 0.3) is 0 Å². The molecule has 3 aromatic heterocycles. The summed E-state index contributed by atoms with van der Waals surface area (Å²) < 4.78 is 57.6. The van der Waals surface area contributed by atoms with Gasteiger partial charge in [-0.15, -0.1) is 0 Å². The van der Waals surface area contributed by atoms with Crippen molar-refractivity contribution in [2.45, 2.75) is 0 Å². The third kappa shape index (κ3) is 4.16. The molecule has 3 heterocycles. The van der Waals surface area contributed by atoms with Crippen molar-refractivity contribution >= 4 is 65.4 Å². The number of para-hydroxylation sites is 4. The molecule has 3 N–H and O–H groups in total. The third-order valence-electron chi connectivity index (χ3n) is 10.5. The van der Waals surface area contributed by atoms with Gasteiger partial charge in [-0.3, -0.25) is 0 Å². The summed E-state index contributed by atoms with van der Waals surface area (Å²) >= 11 is 0. The van der Waals surface area contributed by atoms with Crippen LogP contribution in [0, 0.1) is 0 Å². The highest BCUT2D eigenvalue weighted by Crippen LogP contribution is 2.46. The van der Waals surface area contributed by atoms with Crippen LogP contribution in [0.5, 0.6) is 17.2 Å². The number of phenols is 3. The standard InChI is InChI=1S/C48H31N3O3/c52-31-12-9-11-29(27-31)46-45(53)26-25-44(48(46)54)51-40-20-8-4-16-35(40)47-42(21-10-22-43(47)51)50-39-19-7-3-15-34(39)36-28-30(23-24-41(36)50)49-37-17-5-1-13-32(37)33-14-2-6-18-38(33)49/h1-28,52-54H/i9D,11D,12D,25D,26D,27D. The summed E-state index contributed by atoms with van der Waals surface area (Å²) in [4.78, 5) is 0. The molecular weight excluding hydrogens is 667 g/mol. The van der Waals surface area contributed by atoms with Crippen molar-refractivity contribution in [1.29, 1.82) is 0 Å². The minimum atomic E-state index is -0.914. The lowest BCUT2D eigenvalue weighted by Gasteiger charge is -2.15. The molecule has 0 spiro atoms. The smallest absolute Gasteiger partial charge is 0.151 e. The number of phenolic OH excluding ortho intramolecular Hbond substituents is 3. The number of hydrogen-bond acceptors (Lipinski definition) is 3. The summed E-state index contributed by atoms with van der Waals surface area (Å²) in [6.07, 6.45) is 0. The van der Waals surface area contributed by atoms with Crippen LogP contribution in [0.4, 0.5) is 0 Å². The zero-order valence-electron chi connectivity index (χ0n) is 34.4. The number of hydrogen-bond donors (Lipinski definition) is 3. The lowest BCUT2D eigenvalue weighted by molar-refractivity contribution is 0.452. The molecular formula is C48H31N3O3. The molecule has 0 bridgehead atoms. The first kappa shape index (κ1) is 24.7. The van der Waals surface area contributed by atoms with Crippen molar-refractivity contribution in [3.63, 3.8) is 0 Å². The van der Waals surface area contributed by atoms with E-state index in [0.29, 0.717) is 11.0 Å². The molecule has 8 aromatic carbocycles. The molecule has 0 aliphatic rings. The van der Waals surface area contributed by atoms with Gasteiger partial charge in [-0.2, -0.15) is 0 Å². The highest BCUT2D eigenvalue weighted by Gasteiger charge is 2.23. The molecule has 0 amide bonds. The Morgan fingerprint density at radius 2 is 1.00 bits per heavy atom. The number of aromatic nitrogens is 3. The molecule has 256 valence electrons. The number of aromatic hydroxyl groups is 3. The predicted octanol–water partition coefficient (Wildman–Crippen LogP) is 11.8. The highest BCUT2D eigenvalue weighted by molar-refractivity contribution is 6.17. The number of nitrogens with zero attached hydrogens (tertiary/aromatic N) is 3. The van der Waals surface area contributed by atoms with Crippen molar-refractivity contribution in [3.05, 3.63) is 170 Å². The van der Waals surface area contributed by atoms with Gasteiger partial charge in [-0.05, 0) is 84.3 Å². The lowest BCUT2D eigenvalue weighted by atomic mass is 10.0. The first-order chi connectivity index (χ1) is 29.1. The zero-order valence-corrected chi connectivity index (χ0v) is 28.4. The van der Waals surface area contributed by atoms with Crippen molar-refractivity contribution in [2.75, 3.05) is 0 Å². The number of benzene rings is 8. The Hall–Kier alpha value is -7.44. The second-order valence-corrected chi connectivity index (χ2v) is 13.3. The number of fused-ring (bicyclic) bond motifs is 9. The van der Waals surface area contributed by atoms with E-state index in [1.807, 2.05) is 54.6 Å². The molecule has 0 aliphatic heterocycles. The Morgan fingerprint density at radius 1 is 0.444 bits per heavy atom. The second kappa shape index (κ2) is 11.3. The van der Waals surface area contributed by atoms with Crippen LogP contribution in [0.1, 0.15) is 8.22 Å². The average Bonchev–Trinajstić information content (AvgIpc) is 3.91. The first-order valence-corrected chi connectivity index (χ1v) is 17.5. The van der Waals surface area contributed by atoms with Gasteiger partial charge in [0.15, 0.2) is 5.75 Å². The van der Waals surface area contributed by atoms with Crippen molar-refractivity contribution < 1.29 is 23.5 Å². The molecule has 11 rings (SSSR count). The Bertz CT molecular complexity index is 3600. The Morgan fingerprint density at radius 3 is 1.70 bits per heavy atom. The fraction of sp³-hybridized carbons (Fsp3) is 0. The number of rotatable bonds is 4. The predicted molar refractivity (Wildman–Crippen MR) is 220 cm³/mol. The van der Waals surface area contributed by atoms with Crippen LogP contribution >= 0.6 is 0 Å². The van der Waals surface area contributed by atoms with Gasteiger partial charge in [-0.1, -0.05) is 90.9 Å². The average molecular weight is 704 g/mol. The zero-order chi connectivity index (χ0) is 41.3. The molecule has 0 saturated heterocycles. The normalized spacial score (nSPS) is 13.5. The quantitative estimate of drug-likeness (QED) is 0.171. The molecule has 0 atom stereocenters. The van der Waals surface area contributed by atoms with E-state index in [2.05, 4.69) is 88.0 Å². The largest absolute Gasteiger partial charge is 0.508 e. The Labute approximate surface area is 317 Å². The summed E-state index contributed by atoms with van der Waals surface area (Å²) in [6.45, 7) is 0. The molecule has 54 heavy (non-hydrogen) atoms. The van der Waals surface area contributed by atoms with Crippen LogP contribution in [-0.4, -0.2) is 29.0 Å². The van der Waals surface area contributed by atoms with Crippen LogP contribution in [-0.2, 0) is 0 Å². The maximum Gasteiger partial charge on any atom is 0.151 e. The van der Waals surface area contributed by atoms with Gasteiger partial charge in [0, 0.05) is 38.0 Å². The van der Waals surface area contributed by atoms with E-state index in [1.165, 1.54) is 10.8 Å². The van der Waals surface area contributed by atoms with Crippen LogP contribution < -0.4 is 0 Å². The molecule has 0 saturated carbocycles. The first-order valence-electron chi connectivity index (χ1n) is 20.5. The minimum Gasteiger partial charge on any atom is -0.508 e. The van der Waals surface area contributed by atoms with E-state index in [1.54, 1.807) is 4.57 Å². The molecule has 6 nitrogen and oxygen atoms in total. The van der Waals surface area contributed by atoms with Crippen LogP contribution in [0.3, 0.4) is 0 Å². The summed E-state index contributed by atoms with van der Waals surface area (Å²) in [6, 6.07) is 40.6. The molecule has 6 heteroatoms. The van der Waals surface area contributed by atoms with Gasteiger partial charge >= 0.3 is 0 Å². The van der Waals surface area contributed by atoms with Crippen LogP contribution in [0.25, 0.3) is 93.6 Å². The summed E-state index contributed by atoms with van der Waals surface area (Å²) in [5, 5.41) is 40.0. The highest BCUT2D eigenvalue weighted by atomic mass is 16.3. The van der Waals surface area contributed by atoms with Crippen LogP contribution in [0.15, 0.2) is 170 Å². The van der Waals surface area contributed by atoms with Crippen molar-refractivity contribution in [1.82, 2.24) is 13.7 Å². The topological polar surface area (TPSA) is 75.5 Å². The van der Waals surface area contributed by atoms with E-state index in [-0.39, 0.29) is 5.69 Å². The molecule has 0 fully saturated rings. The summed E-state index contributed by atoms with van der Waals surface area (Å²) in [5.41, 5.74) is 5.76. The van der Waals surface area contributed by atoms with E-state index >= 15 is 0 Å². The maximum absolute atomic E-state index is 12.1. The molecule has 0 unspecified atom stereocenters. The summed E-state index contributed by atoms with van der Waals surface area (Å²) in [7, 11) is 0. The van der Waals surface area contributed by atoms with E-state index in [4.69, 9.17) is 8.22 Å². The molecule has 0 aliphatic carbocycles. The van der Waals surface area contributed by atoms with Gasteiger partial charge in [0.05, 0.1) is 58.3 Å². The fourth-order valence-corrected chi connectivity index (χ4v) is 8.32. The SMILES string of the molecule is [2H]c1c([2H])c(O)c([2H])c(-c2c(O)c([2H])c([2H])c(-n3c4ccccc4c4c(-n5c6ccccc6c6cc(-n7c8ccccc8c8ccccc87)ccc65)cccc43)c2O)c1[2H]. The Kier molecular flexibility index (Phi) is 5.16. The maximum atomic E-state index is 12.1. The summed E-state index contributed by atoms with van der Waals surface area (Å²) in [5.74, 6) is -2.54. The van der Waals surface area contributed by atoms with E-state index in [9.17, 15) is 15.3 Å². The molecule has 11 aromatic rings. The van der Waals surface area contributed by atoms with Gasteiger partial charge in [-0.25, -0.2) is 0 Å². The van der Waals surface area contributed by atoms with E-state index in [0.717, 1.165) is 55.0 Å². The lowest BCUT2D eigenvalue weighted by Crippen LogP contribution is -1.98.